The molecule has 0 saturated carbocycles. The maximum Gasteiger partial charge on any atom is 0.0547 e. The minimum Gasteiger partial charge on any atom is -0.309 e. The largest absolute Gasteiger partial charge is 0.309 e. The van der Waals surface area contributed by atoms with Gasteiger partial charge >= 0.3 is 0 Å². The minimum atomic E-state index is 1.04. The lowest BCUT2D eigenvalue weighted by molar-refractivity contribution is 1.18. The van der Waals surface area contributed by atoms with Crippen molar-refractivity contribution in [3.8, 4) is 27.9 Å². The molecule has 232 valence electrons. The van der Waals surface area contributed by atoms with E-state index in [1.807, 2.05) is 6.92 Å². The lowest BCUT2D eigenvalue weighted by Crippen LogP contribution is -1.95. The zero-order chi connectivity index (χ0) is 33.1. The van der Waals surface area contributed by atoms with Gasteiger partial charge in [-0.1, -0.05) is 152 Å². The van der Waals surface area contributed by atoms with E-state index in [0.717, 1.165) is 11.3 Å². The Morgan fingerprint density at radius 1 is 0.510 bits per heavy atom. The molecule has 9 aromatic rings. The molecule has 0 aliphatic heterocycles. The number of fused-ring (bicyclic) bond motifs is 7. The maximum absolute atomic E-state index is 4.14. The highest BCUT2D eigenvalue weighted by atomic mass is 15.0. The summed E-state index contributed by atoms with van der Waals surface area (Å²) in [6.07, 6.45) is 4.37. The molecule has 8 aromatic carbocycles. The maximum atomic E-state index is 4.14. The van der Waals surface area contributed by atoms with Crippen LogP contribution in [0.4, 0.5) is 0 Å². The first-order chi connectivity index (χ1) is 24.1. The molecule has 0 radical (unpaired) electrons. The van der Waals surface area contributed by atoms with Crippen molar-refractivity contribution in [2.75, 3.05) is 0 Å². The molecule has 1 heteroatoms. The summed E-state index contributed by atoms with van der Waals surface area (Å²) >= 11 is 0. The quantitative estimate of drug-likeness (QED) is 0.132. The van der Waals surface area contributed by atoms with E-state index in [0.29, 0.717) is 0 Å². The highest BCUT2D eigenvalue weighted by Gasteiger charge is 2.20. The van der Waals surface area contributed by atoms with Crippen molar-refractivity contribution in [2.45, 2.75) is 13.8 Å². The van der Waals surface area contributed by atoms with Gasteiger partial charge in [-0.05, 0) is 104 Å². The Morgan fingerprint density at radius 3 is 1.63 bits per heavy atom. The van der Waals surface area contributed by atoms with Crippen molar-refractivity contribution in [2.24, 2.45) is 0 Å². The van der Waals surface area contributed by atoms with E-state index in [-0.39, 0.29) is 0 Å². The SMILES string of the molecule is C=C(C)C=Cc1c(C)ccc2c1c1c3ccccc3ccc1n2-c1ccc(-c2c3ccccc3c(-c3ccccc3)c3ccccc23)cc1. The van der Waals surface area contributed by atoms with E-state index in [9.17, 15) is 0 Å². The third-order valence-electron chi connectivity index (χ3n) is 10.0. The summed E-state index contributed by atoms with van der Waals surface area (Å²) in [6.45, 7) is 8.40. The molecule has 1 nitrogen and oxygen atoms in total. The predicted octanol–water partition coefficient (Wildman–Crippen LogP) is 13.5. The number of allylic oxidation sites excluding steroid dienone is 2. The molecular formula is C48H35N. The standard InChI is InChI=1S/C48H35N/c1-31(2)21-28-37-32(3)22-29-43-47(37)48-38-16-8-7-13-33(38)25-30-44(48)49(43)36-26-23-35(24-27-36)46-41-19-11-9-17-39(41)45(34-14-5-4-6-15-34)40-18-10-12-20-42(40)46/h4-30H,1H2,2-3H3. The van der Waals surface area contributed by atoms with Crippen LogP contribution < -0.4 is 0 Å². The van der Waals surface area contributed by atoms with E-state index >= 15 is 0 Å². The lowest BCUT2D eigenvalue weighted by Gasteiger charge is -2.18. The third-order valence-corrected chi connectivity index (χ3v) is 10.0. The van der Waals surface area contributed by atoms with E-state index in [2.05, 4.69) is 182 Å². The molecule has 0 atom stereocenters. The molecular weight excluding hydrogens is 591 g/mol. The monoisotopic (exact) mass is 625 g/mol. The van der Waals surface area contributed by atoms with Gasteiger partial charge in [-0.25, -0.2) is 0 Å². The zero-order valence-corrected chi connectivity index (χ0v) is 27.7. The van der Waals surface area contributed by atoms with Gasteiger partial charge in [-0.15, -0.1) is 0 Å². The highest BCUT2D eigenvalue weighted by molar-refractivity contribution is 6.24. The van der Waals surface area contributed by atoms with Crippen molar-refractivity contribution in [3.63, 3.8) is 0 Å². The van der Waals surface area contributed by atoms with Gasteiger partial charge < -0.3 is 4.57 Å². The second kappa shape index (κ2) is 11.5. The molecule has 0 aliphatic carbocycles. The van der Waals surface area contributed by atoms with Crippen LogP contribution in [0.2, 0.25) is 0 Å². The average Bonchev–Trinajstić information content (AvgIpc) is 3.48. The first-order valence-corrected chi connectivity index (χ1v) is 17.0. The van der Waals surface area contributed by atoms with E-state index < -0.39 is 0 Å². The topological polar surface area (TPSA) is 4.93 Å². The van der Waals surface area contributed by atoms with Gasteiger partial charge in [0.2, 0.25) is 0 Å². The second-order valence-corrected chi connectivity index (χ2v) is 13.1. The number of hydrogen-bond acceptors (Lipinski definition) is 0. The predicted molar refractivity (Wildman–Crippen MR) is 213 cm³/mol. The van der Waals surface area contributed by atoms with Crippen molar-refractivity contribution in [1.29, 1.82) is 0 Å². The Kier molecular flexibility index (Phi) is 6.81. The van der Waals surface area contributed by atoms with Gasteiger partial charge in [-0.2, -0.15) is 0 Å². The molecule has 0 bridgehead atoms. The smallest absolute Gasteiger partial charge is 0.0547 e. The van der Waals surface area contributed by atoms with Crippen LogP contribution in [0.15, 0.2) is 170 Å². The van der Waals surface area contributed by atoms with Gasteiger partial charge in [0.25, 0.3) is 0 Å². The second-order valence-electron chi connectivity index (χ2n) is 13.1. The molecule has 0 saturated heterocycles. The van der Waals surface area contributed by atoms with Gasteiger partial charge in [-0.3, -0.25) is 0 Å². The molecule has 0 unspecified atom stereocenters. The summed E-state index contributed by atoms with van der Waals surface area (Å²) in [4.78, 5) is 0. The van der Waals surface area contributed by atoms with E-state index in [4.69, 9.17) is 0 Å². The summed E-state index contributed by atoms with van der Waals surface area (Å²) in [6, 6.07) is 55.5. The lowest BCUT2D eigenvalue weighted by atomic mass is 9.86. The van der Waals surface area contributed by atoms with E-state index in [1.165, 1.54) is 87.5 Å². The van der Waals surface area contributed by atoms with Crippen molar-refractivity contribution < 1.29 is 0 Å². The normalized spacial score (nSPS) is 11.9. The van der Waals surface area contributed by atoms with Crippen LogP contribution in [-0.4, -0.2) is 4.57 Å². The first kappa shape index (κ1) is 29.0. The summed E-state index contributed by atoms with van der Waals surface area (Å²) in [5.74, 6) is 0. The van der Waals surface area contributed by atoms with Crippen LogP contribution in [0, 0.1) is 6.92 Å². The number of hydrogen-bond donors (Lipinski definition) is 0. The first-order valence-electron chi connectivity index (χ1n) is 17.0. The molecule has 0 N–H and O–H groups in total. The number of aromatic nitrogens is 1. The van der Waals surface area contributed by atoms with Gasteiger partial charge in [0.15, 0.2) is 0 Å². The summed E-state index contributed by atoms with van der Waals surface area (Å²) < 4.78 is 2.44. The fourth-order valence-electron chi connectivity index (χ4n) is 7.85. The summed E-state index contributed by atoms with van der Waals surface area (Å²) in [7, 11) is 0. The Bertz CT molecular complexity index is 2720. The van der Waals surface area contributed by atoms with Crippen LogP contribution in [0.25, 0.3) is 88.1 Å². The fourth-order valence-corrected chi connectivity index (χ4v) is 7.85. The Morgan fingerprint density at radius 2 is 1.02 bits per heavy atom. The molecule has 0 aliphatic rings. The number of rotatable bonds is 5. The minimum absolute atomic E-state index is 1.04. The highest BCUT2D eigenvalue weighted by Crippen LogP contribution is 2.44. The fraction of sp³-hybridized carbons (Fsp3) is 0.0417. The van der Waals surface area contributed by atoms with Crippen LogP contribution in [0.3, 0.4) is 0 Å². The molecule has 0 amide bonds. The van der Waals surface area contributed by atoms with Gasteiger partial charge in [0.1, 0.15) is 0 Å². The van der Waals surface area contributed by atoms with Crippen molar-refractivity contribution in [3.05, 3.63) is 181 Å². The van der Waals surface area contributed by atoms with Crippen molar-refractivity contribution in [1.82, 2.24) is 4.57 Å². The summed E-state index contributed by atoms with van der Waals surface area (Å²) in [5.41, 5.74) is 12.1. The average molecular weight is 626 g/mol. The van der Waals surface area contributed by atoms with Crippen molar-refractivity contribution >= 4 is 60.2 Å². The van der Waals surface area contributed by atoms with Crippen LogP contribution in [0.5, 0.6) is 0 Å². The molecule has 1 aromatic heterocycles. The zero-order valence-electron chi connectivity index (χ0n) is 27.7. The van der Waals surface area contributed by atoms with Gasteiger partial charge in [0, 0.05) is 16.5 Å². The Balaban J connectivity index is 1.30. The Labute approximate surface area is 286 Å². The molecule has 1 heterocycles. The number of aryl methyl sites for hydroxylation is 1. The molecule has 9 rings (SSSR count). The van der Waals surface area contributed by atoms with Crippen LogP contribution in [-0.2, 0) is 0 Å². The Hall–Kier alpha value is -6.18. The molecule has 49 heavy (non-hydrogen) atoms. The van der Waals surface area contributed by atoms with Gasteiger partial charge in [0.05, 0.1) is 11.0 Å². The molecule has 0 spiro atoms. The number of nitrogens with zero attached hydrogens (tertiary/aromatic N) is 1. The third kappa shape index (κ3) is 4.62. The van der Waals surface area contributed by atoms with E-state index in [1.54, 1.807) is 0 Å². The summed E-state index contributed by atoms with van der Waals surface area (Å²) in [5, 5.41) is 10.2. The molecule has 0 fully saturated rings. The van der Waals surface area contributed by atoms with Crippen LogP contribution >= 0.6 is 0 Å². The van der Waals surface area contributed by atoms with Crippen LogP contribution in [0.1, 0.15) is 18.1 Å². The number of benzene rings is 8.